The molecule has 1 aromatic rings. The van der Waals surface area contributed by atoms with Gasteiger partial charge in [-0.3, -0.25) is 4.79 Å². The molecular weight excluding hydrogens is 314 g/mol. The Morgan fingerprint density at radius 2 is 1.82 bits per heavy atom. The van der Waals surface area contributed by atoms with E-state index in [-0.39, 0.29) is 17.5 Å². The first-order valence-electron chi connectivity index (χ1n) is 6.86. The average molecular weight is 334 g/mol. The van der Waals surface area contributed by atoms with Crippen LogP contribution in [0.4, 0.5) is 8.78 Å². The van der Waals surface area contributed by atoms with Gasteiger partial charge in [0.1, 0.15) is 0 Å². The van der Waals surface area contributed by atoms with Crippen LogP contribution in [0.15, 0.2) is 24.3 Å². The van der Waals surface area contributed by atoms with E-state index in [2.05, 4.69) is 10.6 Å². The van der Waals surface area contributed by atoms with Crippen LogP contribution in [0.2, 0.25) is 0 Å². The molecular formula is C14H20F2N2O3S. The zero-order valence-corrected chi connectivity index (χ0v) is 13.3. The minimum absolute atomic E-state index is 0.129. The van der Waals surface area contributed by atoms with Crippen LogP contribution in [-0.4, -0.2) is 39.2 Å². The molecule has 0 spiro atoms. The largest absolute Gasteiger partial charge is 0.350 e. The molecule has 1 rings (SSSR count). The lowest BCUT2D eigenvalue weighted by molar-refractivity contribution is 0.0950. The Hall–Kier alpha value is -1.54. The minimum atomic E-state index is -4.45. The van der Waals surface area contributed by atoms with Crippen molar-refractivity contribution in [2.75, 3.05) is 13.1 Å². The van der Waals surface area contributed by atoms with Crippen LogP contribution < -0.4 is 10.6 Å². The van der Waals surface area contributed by atoms with Crippen molar-refractivity contribution in [2.24, 2.45) is 0 Å². The van der Waals surface area contributed by atoms with Gasteiger partial charge in [0, 0.05) is 18.2 Å². The van der Waals surface area contributed by atoms with E-state index in [0.717, 1.165) is 6.54 Å². The van der Waals surface area contributed by atoms with Crippen molar-refractivity contribution in [3.05, 3.63) is 35.4 Å². The van der Waals surface area contributed by atoms with E-state index in [1.807, 2.05) is 13.8 Å². The van der Waals surface area contributed by atoms with Crippen LogP contribution in [0.1, 0.15) is 29.8 Å². The standard InChI is InChI=1S/C14H20F2N2O3S/c1-3-17-10(2)8-18-13(19)12-6-4-11(5-7-12)9-22(20,21)14(15)16/h4-7,10,14,17H,3,8-9H2,1-2H3,(H,18,19)/t10-/m1/s1. The summed E-state index contributed by atoms with van der Waals surface area (Å²) in [5.74, 6) is -4.44. The van der Waals surface area contributed by atoms with E-state index in [1.54, 1.807) is 0 Å². The third-order valence-corrected chi connectivity index (χ3v) is 4.26. The third kappa shape index (κ3) is 5.69. The summed E-state index contributed by atoms with van der Waals surface area (Å²) in [6.07, 6.45) is 0. The summed E-state index contributed by atoms with van der Waals surface area (Å²) in [5.41, 5.74) is 0.569. The Labute approximate surface area is 129 Å². The quantitative estimate of drug-likeness (QED) is 0.756. The summed E-state index contributed by atoms with van der Waals surface area (Å²) in [6.45, 7) is 5.14. The maximum atomic E-state index is 12.3. The number of amides is 1. The second-order valence-electron chi connectivity index (χ2n) is 4.93. The number of sulfone groups is 1. The highest BCUT2D eigenvalue weighted by Gasteiger charge is 2.24. The Balaban J connectivity index is 2.63. The molecule has 0 bridgehead atoms. The van der Waals surface area contributed by atoms with Gasteiger partial charge < -0.3 is 10.6 Å². The fraction of sp³-hybridized carbons (Fsp3) is 0.500. The van der Waals surface area contributed by atoms with E-state index in [0.29, 0.717) is 12.1 Å². The average Bonchev–Trinajstić information content (AvgIpc) is 2.45. The first-order chi connectivity index (χ1) is 10.3. The molecule has 0 unspecified atom stereocenters. The van der Waals surface area contributed by atoms with Crippen molar-refractivity contribution in [1.29, 1.82) is 0 Å². The number of nitrogens with one attached hydrogen (secondary N) is 2. The minimum Gasteiger partial charge on any atom is -0.350 e. The lowest BCUT2D eigenvalue weighted by Crippen LogP contribution is -2.38. The van der Waals surface area contributed by atoms with Gasteiger partial charge in [0.2, 0.25) is 9.84 Å². The van der Waals surface area contributed by atoms with Gasteiger partial charge in [0.05, 0.1) is 5.75 Å². The summed E-state index contributed by atoms with van der Waals surface area (Å²) < 4.78 is 46.8. The third-order valence-electron chi connectivity index (χ3n) is 2.98. The van der Waals surface area contributed by atoms with Gasteiger partial charge >= 0.3 is 5.76 Å². The summed E-state index contributed by atoms with van der Waals surface area (Å²) in [5, 5.41) is 5.88. The molecule has 5 nitrogen and oxygen atoms in total. The van der Waals surface area contributed by atoms with E-state index in [9.17, 15) is 22.0 Å². The van der Waals surface area contributed by atoms with Gasteiger partial charge in [0.15, 0.2) is 0 Å². The number of likely N-dealkylation sites (N-methyl/N-ethyl adjacent to an activating group) is 1. The topological polar surface area (TPSA) is 75.3 Å². The van der Waals surface area contributed by atoms with Crippen LogP contribution in [0, 0.1) is 0 Å². The van der Waals surface area contributed by atoms with Crippen LogP contribution in [0.25, 0.3) is 0 Å². The summed E-state index contributed by atoms with van der Waals surface area (Å²) >= 11 is 0. The number of halogens is 2. The van der Waals surface area contributed by atoms with E-state index >= 15 is 0 Å². The Morgan fingerprint density at radius 1 is 1.23 bits per heavy atom. The van der Waals surface area contributed by atoms with E-state index in [1.165, 1.54) is 24.3 Å². The molecule has 22 heavy (non-hydrogen) atoms. The van der Waals surface area contributed by atoms with Gasteiger partial charge in [-0.05, 0) is 31.2 Å². The zero-order valence-electron chi connectivity index (χ0n) is 12.5. The molecule has 1 atom stereocenters. The predicted molar refractivity (Wildman–Crippen MR) is 80.5 cm³/mol. The maximum Gasteiger partial charge on any atom is 0.337 e. The second kappa shape index (κ2) is 8.19. The van der Waals surface area contributed by atoms with Gasteiger partial charge in [-0.2, -0.15) is 8.78 Å². The molecule has 1 aromatic carbocycles. The van der Waals surface area contributed by atoms with Crippen molar-refractivity contribution in [3.63, 3.8) is 0 Å². The molecule has 2 N–H and O–H groups in total. The zero-order chi connectivity index (χ0) is 16.8. The van der Waals surface area contributed by atoms with Crippen molar-refractivity contribution < 1.29 is 22.0 Å². The van der Waals surface area contributed by atoms with Crippen LogP contribution in [-0.2, 0) is 15.6 Å². The molecule has 0 fully saturated rings. The maximum absolute atomic E-state index is 12.3. The lowest BCUT2D eigenvalue weighted by atomic mass is 10.1. The SMILES string of the molecule is CCN[C@H](C)CNC(=O)c1ccc(CS(=O)(=O)C(F)F)cc1. The van der Waals surface area contributed by atoms with E-state index < -0.39 is 21.3 Å². The molecule has 0 saturated heterocycles. The summed E-state index contributed by atoms with van der Waals surface area (Å²) in [4.78, 5) is 11.9. The molecule has 124 valence electrons. The van der Waals surface area contributed by atoms with Gasteiger partial charge in [-0.1, -0.05) is 19.1 Å². The highest BCUT2D eigenvalue weighted by molar-refractivity contribution is 7.90. The Bertz CT molecular complexity index is 589. The molecule has 1 amide bonds. The Morgan fingerprint density at radius 3 is 2.32 bits per heavy atom. The first kappa shape index (κ1) is 18.5. The summed E-state index contributed by atoms with van der Waals surface area (Å²) in [7, 11) is -4.45. The van der Waals surface area contributed by atoms with Gasteiger partial charge in [-0.25, -0.2) is 8.42 Å². The molecule has 8 heteroatoms. The number of carbonyl (C=O) groups excluding carboxylic acids is 1. The number of hydrogen-bond acceptors (Lipinski definition) is 4. The molecule has 0 heterocycles. The van der Waals surface area contributed by atoms with Crippen molar-refractivity contribution >= 4 is 15.7 Å². The van der Waals surface area contributed by atoms with Crippen molar-refractivity contribution in [3.8, 4) is 0 Å². The summed E-state index contributed by atoms with van der Waals surface area (Å²) in [6, 6.07) is 5.70. The second-order valence-corrected chi connectivity index (χ2v) is 6.90. The highest BCUT2D eigenvalue weighted by Crippen LogP contribution is 2.14. The molecule has 0 aliphatic heterocycles. The molecule has 0 aliphatic rings. The van der Waals surface area contributed by atoms with Gasteiger partial charge in [-0.15, -0.1) is 0 Å². The first-order valence-corrected chi connectivity index (χ1v) is 8.58. The monoisotopic (exact) mass is 334 g/mol. The van der Waals surface area contributed by atoms with Crippen LogP contribution in [0.5, 0.6) is 0 Å². The fourth-order valence-corrected chi connectivity index (χ4v) is 2.60. The Kier molecular flexibility index (Phi) is 6.89. The highest BCUT2D eigenvalue weighted by atomic mass is 32.2. The number of hydrogen-bond donors (Lipinski definition) is 2. The lowest BCUT2D eigenvalue weighted by Gasteiger charge is -2.13. The number of carbonyl (C=O) groups is 1. The number of benzene rings is 1. The van der Waals surface area contributed by atoms with Crippen molar-refractivity contribution in [2.45, 2.75) is 31.4 Å². The normalized spacial score (nSPS) is 13.1. The van der Waals surface area contributed by atoms with Crippen LogP contribution in [0.3, 0.4) is 0 Å². The van der Waals surface area contributed by atoms with Gasteiger partial charge in [0.25, 0.3) is 5.91 Å². The molecule has 0 radical (unpaired) electrons. The fourth-order valence-electron chi connectivity index (χ4n) is 1.82. The number of alkyl halides is 2. The molecule has 0 saturated carbocycles. The smallest absolute Gasteiger partial charge is 0.337 e. The number of rotatable bonds is 8. The molecule has 0 aliphatic carbocycles. The van der Waals surface area contributed by atoms with Crippen molar-refractivity contribution in [1.82, 2.24) is 10.6 Å². The van der Waals surface area contributed by atoms with Crippen LogP contribution >= 0.6 is 0 Å². The van der Waals surface area contributed by atoms with E-state index in [4.69, 9.17) is 0 Å². The predicted octanol–water partition coefficient (Wildman–Crippen LogP) is 1.55. The molecule has 0 aromatic heterocycles.